The Kier molecular flexibility index (Phi) is 3.99. The highest BCUT2D eigenvalue weighted by Crippen LogP contribution is 2.34. The summed E-state index contributed by atoms with van der Waals surface area (Å²) in [6.07, 6.45) is 1.23. The predicted octanol–water partition coefficient (Wildman–Crippen LogP) is 2.86. The molecule has 0 amide bonds. The maximum absolute atomic E-state index is 12.3. The molecule has 0 N–H and O–H groups in total. The Labute approximate surface area is 128 Å². The second kappa shape index (κ2) is 5.46. The van der Waals surface area contributed by atoms with Gasteiger partial charge in [0.1, 0.15) is 0 Å². The average Bonchev–Trinajstić information content (AvgIpc) is 3.22. The van der Waals surface area contributed by atoms with Gasteiger partial charge in [0.2, 0.25) is 10.0 Å². The number of hydrogen-bond acceptors (Lipinski definition) is 3. The minimum atomic E-state index is -3.16. The van der Waals surface area contributed by atoms with Gasteiger partial charge in [0.05, 0.1) is 18.0 Å². The van der Waals surface area contributed by atoms with Crippen molar-refractivity contribution in [3.8, 4) is 0 Å². The molecule has 0 radical (unpaired) electrons. The van der Waals surface area contributed by atoms with Crippen LogP contribution in [0.4, 0.5) is 0 Å². The van der Waals surface area contributed by atoms with Crippen molar-refractivity contribution in [2.45, 2.75) is 24.2 Å². The maximum Gasteiger partial charge on any atom is 0.217 e. The minimum Gasteiger partial charge on any atom is -0.371 e. The highest BCUT2D eigenvalue weighted by molar-refractivity contribution is 7.90. The molecule has 1 aromatic carbocycles. The number of rotatable bonds is 3. The lowest BCUT2D eigenvalue weighted by Crippen LogP contribution is -2.43. The second-order valence-electron chi connectivity index (χ2n) is 5.16. The van der Waals surface area contributed by atoms with E-state index in [4.69, 9.17) is 27.9 Å². The number of halogens is 2. The van der Waals surface area contributed by atoms with Crippen molar-refractivity contribution in [2.75, 3.05) is 19.7 Å². The van der Waals surface area contributed by atoms with E-state index in [-0.39, 0.29) is 11.4 Å². The van der Waals surface area contributed by atoms with Crippen LogP contribution in [0.1, 0.15) is 24.5 Å². The highest BCUT2D eigenvalue weighted by atomic mass is 35.5. The molecule has 4 nitrogen and oxygen atoms in total. The Morgan fingerprint density at radius 3 is 2.40 bits per heavy atom. The van der Waals surface area contributed by atoms with E-state index in [1.54, 1.807) is 18.2 Å². The second-order valence-corrected chi connectivity index (χ2v) is 8.25. The van der Waals surface area contributed by atoms with E-state index in [1.807, 2.05) is 0 Å². The Morgan fingerprint density at radius 2 is 1.80 bits per heavy atom. The number of sulfonamides is 1. The monoisotopic (exact) mass is 335 g/mol. The van der Waals surface area contributed by atoms with E-state index in [9.17, 15) is 8.42 Å². The summed E-state index contributed by atoms with van der Waals surface area (Å²) in [4.78, 5) is 0. The molecule has 2 fully saturated rings. The molecule has 110 valence electrons. The molecule has 1 saturated heterocycles. The largest absolute Gasteiger partial charge is 0.371 e. The molecule has 0 bridgehead atoms. The van der Waals surface area contributed by atoms with E-state index < -0.39 is 10.0 Å². The first-order valence-corrected chi connectivity index (χ1v) is 8.79. The number of nitrogens with zero attached hydrogens (tertiary/aromatic N) is 1. The molecular formula is C13H15Cl2NO3S. The molecule has 1 unspecified atom stereocenters. The molecule has 0 aromatic heterocycles. The standard InChI is InChI=1S/C13H15Cl2NO3S/c14-10-5-9(6-11(15)7-10)13-8-16(3-4-19-13)20(17,18)12-1-2-12/h5-7,12-13H,1-4,8H2. The number of hydrogen-bond donors (Lipinski definition) is 0. The van der Waals surface area contributed by atoms with Gasteiger partial charge < -0.3 is 4.74 Å². The Morgan fingerprint density at radius 1 is 1.15 bits per heavy atom. The van der Waals surface area contributed by atoms with Gasteiger partial charge in [-0.05, 0) is 36.6 Å². The Balaban J connectivity index is 1.81. The summed E-state index contributed by atoms with van der Waals surface area (Å²) >= 11 is 12.0. The molecule has 1 aromatic rings. The number of ether oxygens (including phenoxy) is 1. The molecule has 1 atom stereocenters. The van der Waals surface area contributed by atoms with E-state index in [1.165, 1.54) is 4.31 Å². The van der Waals surface area contributed by atoms with Crippen molar-refractivity contribution in [1.29, 1.82) is 0 Å². The molecule has 7 heteroatoms. The van der Waals surface area contributed by atoms with Crippen LogP contribution >= 0.6 is 23.2 Å². The van der Waals surface area contributed by atoms with Gasteiger partial charge in [0.15, 0.2) is 0 Å². The Bertz CT molecular complexity index is 596. The van der Waals surface area contributed by atoms with Crippen LogP contribution in [0.15, 0.2) is 18.2 Å². The number of morpholine rings is 1. The fourth-order valence-corrected chi connectivity index (χ4v) is 4.76. The van der Waals surface area contributed by atoms with Crippen LogP contribution in [0.3, 0.4) is 0 Å². The van der Waals surface area contributed by atoms with Gasteiger partial charge in [-0.25, -0.2) is 8.42 Å². The maximum atomic E-state index is 12.3. The lowest BCUT2D eigenvalue weighted by molar-refractivity contribution is -0.00259. The molecule has 3 rings (SSSR count). The van der Waals surface area contributed by atoms with Crippen LogP contribution in [0.5, 0.6) is 0 Å². The van der Waals surface area contributed by atoms with Gasteiger partial charge in [-0.1, -0.05) is 23.2 Å². The highest BCUT2D eigenvalue weighted by Gasteiger charge is 2.42. The topological polar surface area (TPSA) is 46.6 Å². The first-order chi connectivity index (χ1) is 9.46. The van der Waals surface area contributed by atoms with Gasteiger partial charge in [-0.3, -0.25) is 0 Å². The van der Waals surface area contributed by atoms with Crippen LogP contribution in [-0.2, 0) is 14.8 Å². The summed E-state index contributed by atoms with van der Waals surface area (Å²) in [5.41, 5.74) is 0.818. The van der Waals surface area contributed by atoms with Crippen LogP contribution in [-0.4, -0.2) is 37.7 Å². The zero-order valence-corrected chi connectivity index (χ0v) is 13.1. The third kappa shape index (κ3) is 2.97. The minimum absolute atomic E-state index is 0.191. The van der Waals surface area contributed by atoms with Crippen LogP contribution in [0, 0.1) is 0 Å². The van der Waals surface area contributed by atoms with Gasteiger partial charge in [-0.2, -0.15) is 4.31 Å². The van der Waals surface area contributed by atoms with E-state index in [0.29, 0.717) is 29.7 Å². The van der Waals surface area contributed by atoms with Crippen molar-refractivity contribution < 1.29 is 13.2 Å². The smallest absolute Gasteiger partial charge is 0.217 e. The van der Waals surface area contributed by atoms with E-state index in [2.05, 4.69) is 0 Å². The van der Waals surface area contributed by atoms with E-state index >= 15 is 0 Å². The molecule has 2 aliphatic rings. The molecule has 1 aliphatic heterocycles. The van der Waals surface area contributed by atoms with Crippen LogP contribution in [0.2, 0.25) is 10.0 Å². The summed E-state index contributed by atoms with van der Waals surface area (Å²) in [6, 6.07) is 5.19. The van der Waals surface area contributed by atoms with Gasteiger partial charge in [0, 0.05) is 23.1 Å². The third-order valence-corrected chi connectivity index (χ3v) is 6.39. The quantitative estimate of drug-likeness (QED) is 0.853. The first-order valence-electron chi connectivity index (χ1n) is 6.53. The van der Waals surface area contributed by atoms with Crippen molar-refractivity contribution >= 4 is 33.2 Å². The summed E-state index contributed by atoms with van der Waals surface area (Å²) in [5, 5.41) is 0.862. The van der Waals surface area contributed by atoms with Crippen LogP contribution < -0.4 is 0 Å². The van der Waals surface area contributed by atoms with Crippen molar-refractivity contribution in [1.82, 2.24) is 4.31 Å². The van der Waals surface area contributed by atoms with Gasteiger partial charge >= 0.3 is 0 Å². The fraction of sp³-hybridized carbons (Fsp3) is 0.538. The normalized spacial score (nSPS) is 24.8. The fourth-order valence-electron chi connectivity index (χ4n) is 2.40. The number of benzene rings is 1. The molecular weight excluding hydrogens is 321 g/mol. The lowest BCUT2D eigenvalue weighted by atomic mass is 10.1. The van der Waals surface area contributed by atoms with Crippen molar-refractivity contribution in [3.05, 3.63) is 33.8 Å². The SMILES string of the molecule is O=S(=O)(C1CC1)N1CCOC(c2cc(Cl)cc(Cl)c2)C1. The summed E-state index contributed by atoms with van der Waals surface area (Å²) in [7, 11) is -3.16. The summed E-state index contributed by atoms with van der Waals surface area (Å²) < 4.78 is 31.8. The molecule has 1 saturated carbocycles. The average molecular weight is 336 g/mol. The third-order valence-electron chi connectivity index (χ3n) is 3.59. The molecule has 20 heavy (non-hydrogen) atoms. The summed E-state index contributed by atoms with van der Waals surface area (Å²) in [6.45, 7) is 1.14. The molecule has 1 aliphatic carbocycles. The molecule has 1 heterocycles. The molecule has 0 spiro atoms. The van der Waals surface area contributed by atoms with Crippen molar-refractivity contribution in [2.24, 2.45) is 0 Å². The van der Waals surface area contributed by atoms with Crippen molar-refractivity contribution in [3.63, 3.8) is 0 Å². The zero-order valence-electron chi connectivity index (χ0n) is 10.8. The Hall–Kier alpha value is -0.330. The predicted molar refractivity (Wildman–Crippen MR) is 78.7 cm³/mol. The summed E-state index contributed by atoms with van der Waals surface area (Å²) in [5.74, 6) is 0. The zero-order chi connectivity index (χ0) is 14.3. The van der Waals surface area contributed by atoms with Gasteiger partial charge in [-0.15, -0.1) is 0 Å². The van der Waals surface area contributed by atoms with E-state index in [0.717, 1.165) is 18.4 Å². The van der Waals surface area contributed by atoms with Gasteiger partial charge in [0.25, 0.3) is 0 Å². The first kappa shape index (κ1) is 14.6. The van der Waals surface area contributed by atoms with Crippen LogP contribution in [0.25, 0.3) is 0 Å². The lowest BCUT2D eigenvalue weighted by Gasteiger charge is -2.32.